The zero-order valence-electron chi connectivity index (χ0n) is 11.9. The van der Waals surface area contributed by atoms with Crippen LogP contribution >= 0.6 is 0 Å². The van der Waals surface area contributed by atoms with Crippen LogP contribution in [0.15, 0.2) is 18.2 Å². The lowest BCUT2D eigenvalue weighted by atomic mass is 9.80. The summed E-state index contributed by atoms with van der Waals surface area (Å²) in [7, 11) is 0. The highest BCUT2D eigenvalue weighted by atomic mass is 16.5. The first-order valence-corrected chi connectivity index (χ1v) is 7.61. The van der Waals surface area contributed by atoms with E-state index in [2.05, 4.69) is 19.9 Å². The molecule has 1 saturated carbocycles. The number of aryl methyl sites for hydroxylation is 1. The third kappa shape index (κ3) is 2.64. The summed E-state index contributed by atoms with van der Waals surface area (Å²) in [5.41, 5.74) is 2.36. The molecular weight excluding hydrogens is 236 g/mol. The summed E-state index contributed by atoms with van der Waals surface area (Å²) in [5.74, 6) is 2.57. The van der Waals surface area contributed by atoms with E-state index < -0.39 is 0 Å². The average molecular weight is 260 g/mol. The molecule has 3 unspecified atom stereocenters. The molecule has 0 radical (unpaired) electrons. The van der Waals surface area contributed by atoms with Crippen LogP contribution in [0.1, 0.15) is 56.8 Å². The van der Waals surface area contributed by atoms with Gasteiger partial charge in [-0.15, -0.1) is 0 Å². The monoisotopic (exact) mass is 260 g/mol. The molecule has 2 aliphatic carbocycles. The third-order valence-electron chi connectivity index (χ3n) is 5.01. The second kappa shape index (κ2) is 5.16. The number of aliphatic hydroxyl groups excluding tert-OH is 1. The first-order chi connectivity index (χ1) is 9.13. The van der Waals surface area contributed by atoms with Crippen molar-refractivity contribution in [2.45, 2.75) is 58.2 Å². The Kier molecular flexibility index (Phi) is 3.53. The predicted octanol–water partition coefficient (Wildman–Crippen LogP) is 3.87. The van der Waals surface area contributed by atoms with Gasteiger partial charge in [-0.05, 0) is 67.2 Å². The molecule has 0 heterocycles. The molecule has 104 valence electrons. The molecule has 4 atom stereocenters. The van der Waals surface area contributed by atoms with Gasteiger partial charge in [0.2, 0.25) is 0 Å². The van der Waals surface area contributed by atoms with Crippen LogP contribution in [0.2, 0.25) is 0 Å². The quantitative estimate of drug-likeness (QED) is 0.874. The first kappa shape index (κ1) is 13.0. The molecule has 19 heavy (non-hydrogen) atoms. The fourth-order valence-corrected chi connectivity index (χ4v) is 3.44. The van der Waals surface area contributed by atoms with Gasteiger partial charge >= 0.3 is 0 Å². The Morgan fingerprint density at radius 3 is 2.74 bits per heavy atom. The lowest BCUT2D eigenvalue weighted by Crippen LogP contribution is -2.28. The van der Waals surface area contributed by atoms with E-state index in [4.69, 9.17) is 4.74 Å². The summed E-state index contributed by atoms with van der Waals surface area (Å²) in [4.78, 5) is 0. The smallest absolute Gasteiger partial charge is 0.120 e. The van der Waals surface area contributed by atoms with Crippen LogP contribution in [-0.4, -0.2) is 11.2 Å². The minimum Gasteiger partial charge on any atom is -0.490 e. The summed E-state index contributed by atoms with van der Waals surface area (Å²) in [5, 5.41) is 9.82. The molecule has 1 fully saturated rings. The molecule has 1 N–H and O–H groups in total. The van der Waals surface area contributed by atoms with Crippen molar-refractivity contribution in [2.75, 3.05) is 0 Å². The summed E-state index contributed by atoms with van der Waals surface area (Å²) in [6.45, 7) is 4.68. The largest absolute Gasteiger partial charge is 0.490 e. The Hall–Kier alpha value is -1.02. The van der Waals surface area contributed by atoms with Gasteiger partial charge < -0.3 is 9.84 Å². The standard InChI is InChI=1S/C17H24O2/c1-11-3-5-14(9-12(11)2)19-15-6-7-16-13(10-15)4-8-17(16)18/h6-7,10-12,14,17-18H,3-5,8-9H2,1-2H3/t11?,12?,14?,17-/m0/s1. The van der Waals surface area contributed by atoms with E-state index in [9.17, 15) is 5.11 Å². The van der Waals surface area contributed by atoms with Crippen LogP contribution < -0.4 is 4.74 Å². The molecule has 2 nitrogen and oxygen atoms in total. The normalized spacial score (nSPS) is 34.1. The Morgan fingerprint density at radius 1 is 1.11 bits per heavy atom. The average Bonchev–Trinajstić information content (AvgIpc) is 2.75. The number of benzene rings is 1. The SMILES string of the molecule is CC1CCC(Oc2ccc3c(c2)CC[C@@H]3O)CC1C. The number of fused-ring (bicyclic) bond motifs is 1. The Labute approximate surface area is 115 Å². The molecule has 2 heteroatoms. The van der Waals surface area contributed by atoms with Gasteiger partial charge in [-0.1, -0.05) is 19.9 Å². The van der Waals surface area contributed by atoms with E-state index >= 15 is 0 Å². The summed E-state index contributed by atoms with van der Waals surface area (Å²) >= 11 is 0. The molecule has 3 rings (SSSR count). The van der Waals surface area contributed by atoms with E-state index in [1.54, 1.807) is 0 Å². The maximum atomic E-state index is 9.82. The van der Waals surface area contributed by atoms with Crippen LogP contribution in [0, 0.1) is 11.8 Å². The van der Waals surface area contributed by atoms with Crippen LogP contribution in [0.3, 0.4) is 0 Å². The van der Waals surface area contributed by atoms with Gasteiger partial charge in [0.05, 0.1) is 12.2 Å². The molecule has 2 aliphatic rings. The maximum Gasteiger partial charge on any atom is 0.120 e. The van der Waals surface area contributed by atoms with Gasteiger partial charge in [0.15, 0.2) is 0 Å². The van der Waals surface area contributed by atoms with Crippen molar-refractivity contribution < 1.29 is 9.84 Å². The number of rotatable bonds is 2. The van der Waals surface area contributed by atoms with E-state index in [0.29, 0.717) is 6.10 Å². The van der Waals surface area contributed by atoms with E-state index in [0.717, 1.165) is 36.0 Å². The Morgan fingerprint density at radius 2 is 1.95 bits per heavy atom. The number of ether oxygens (including phenoxy) is 1. The van der Waals surface area contributed by atoms with Crippen molar-refractivity contribution in [3.63, 3.8) is 0 Å². The molecule has 1 aromatic rings. The van der Waals surface area contributed by atoms with Crippen molar-refractivity contribution in [2.24, 2.45) is 11.8 Å². The molecule has 0 spiro atoms. The molecule has 1 aromatic carbocycles. The minimum atomic E-state index is -0.264. The fourth-order valence-electron chi connectivity index (χ4n) is 3.44. The van der Waals surface area contributed by atoms with Crippen LogP contribution in [0.4, 0.5) is 0 Å². The van der Waals surface area contributed by atoms with Gasteiger partial charge in [0, 0.05) is 0 Å². The predicted molar refractivity (Wildman–Crippen MR) is 76.3 cm³/mol. The third-order valence-corrected chi connectivity index (χ3v) is 5.01. The zero-order valence-corrected chi connectivity index (χ0v) is 11.9. The zero-order chi connectivity index (χ0) is 13.4. The molecule has 0 aliphatic heterocycles. The highest BCUT2D eigenvalue weighted by Gasteiger charge is 2.26. The maximum absolute atomic E-state index is 9.82. The number of hydrogen-bond acceptors (Lipinski definition) is 2. The van der Waals surface area contributed by atoms with E-state index in [-0.39, 0.29) is 6.10 Å². The highest BCUT2D eigenvalue weighted by molar-refractivity contribution is 5.39. The van der Waals surface area contributed by atoms with Gasteiger partial charge in [0.1, 0.15) is 5.75 Å². The summed E-state index contributed by atoms with van der Waals surface area (Å²) < 4.78 is 6.15. The van der Waals surface area contributed by atoms with Gasteiger partial charge in [-0.2, -0.15) is 0 Å². The number of hydrogen-bond donors (Lipinski definition) is 1. The van der Waals surface area contributed by atoms with Crippen molar-refractivity contribution in [1.82, 2.24) is 0 Å². The molecule has 0 bridgehead atoms. The molecule has 0 saturated heterocycles. The van der Waals surface area contributed by atoms with Gasteiger partial charge in [0.25, 0.3) is 0 Å². The van der Waals surface area contributed by atoms with E-state index in [1.165, 1.54) is 24.8 Å². The molecule has 0 amide bonds. The van der Waals surface area contributed by atoms with Crippen LogP contribution in [0.5, 0.6) is 5.75 Å². The second-order valence-corrected chi connectivity index (χ2v) is 6.42. The first-order valence-electron chi connectivity index (χ1n) is 7.61. The molecular formula is C17H24O2. The van der Waals surface area contributed by atoms with Crippen molar-refractivity contribution >= 4 is 0 Å². The lowest BCUT2D eigenvalue weighted by molar-refractivity contribution is 0.101. The topological polar surface area (TPSA) is 29.5 Å². The number of aliphatic hydroxyl groups is 1. The molecule has 0 aromatic heterocycles. The Balaban J connectivity index is 1.68. The Bertz CT molecular complexity index is 455. The van der Waals surface area contributed by atoms with Crippen molar-refractivity contribution in [1.29, 1.82) is 0 Å². The highest BCUT2D eigenvalue weighted by Crippen LogP contribution is 2.35. The van der Waals surface area contributed by atoms with E-state index in [1.807, 2.05) is 12.1 Å². The fraction of sp³-hybridized carbons (Fsp3) is 0.647. The van der Waals surface area contributed by atoms with Gasteiger partial charge in [-0.25, -0.2) is 0 Å². The van der Waals surface area contributed by atoms with Crippen LogP contribution in [0.25, 0.3) is 0 Å². The van der Waals surface area contributed by atoms with Crippen LogP contribution in [-0.2, 0) is 6.42 Å². The summed E-state index contributed by atoms with van der Waals surface area (Å²) in [6.07, 6.45) is 5.56. The van der Waals surface area contributed by atoms with Crippen molar-refractivity contribution in [3.8, 4) is 5.75 Å². The second-order valence-electron chi connectivity index (χ2n) is 6.42. The summed E-state index contributed by atoms with van der Waals surface area (Å²) in [6, 6.07) is 6.20. The van der Waals surface area contributed by atoms with Gasteiger partial charge in [-0.3, -0.25) is 0 Å². The minimum absolute atomic E-state index is 0.264. The van der Waals surface area contributed by atoms with Crippen molar-refractivity contribution in [3.05, 3.63) is 29.3 Å². The lowest BCUT2D eigenvalue weighted by Gasteiger charge is -2.32.